The molecule has 0 fully saturated rings. The van der Waals surface area contributed by atoms with Crippen LogP contribution in [0.25, 0.3) is 11.3 Å². The molecule has 1 heterocycles. The number of hydrogen-bond donors (Lipinski definition) is 2. The van der Waals surface area contributed by atoms with Gasteiger partial charge in [-0.1, -0.05) is 27.5 Å². The van der Waals surface area contributed by atoms with Crippen LogP contribution >= 0.6 is 27.5 Å². The van der Waals surface area contributed by atoms with Crippen LogP contribution in [-0.2, 0) is 0 Å². The van der Waals surface area contributed by atoms with Gasteiger partial charge in [-0.05, 0) is 18.2 Å². The van der Waals surface area contributed by atoms with Crippen molar-refractivity contribution in [1.29, 1.82) is 0 Å². The van der Waals surface area contributed by atoms with Crippen LogP contribution in [-0.4, -0.2) is 21.3 Å². The van der Waals surface area contributed by atoms with Gasteiger partial charge in [0.25, 0.3) is 5.91 Å². The van der Waals surface area contributed by atoms with Crippen molar-refractivity contribution in [1.82, 2.24) is 15.4 Å². The normalized spacial score (nSPS) is 10.4. The first-order chi connectivity index (χ1) is 7.59. The minimum atomic E-state index is -0.643. The number of aromatic amines is 1. The topological polar surface area (TPSA) is 84.7 Å². The van der Waals surface area contributed by atoms with Crippen LogP contribution in [0.4, 0.5) is 0 Å². The average Bonchev–Trinajstić information content (AvgIpc) is 2.70. The summed E-state index contributed by atoms with van der Waals surface area (Å²) in [5.41, 5.74) is 6.30. The van der Waals surface area contributed by atoms with Gasteiger partial charge in [-0.3, -0.25) is 4.79 Å². The Kier molecular flexibility index (Phi) is 2.93. The summed E-state index contributed by atoms with van der Waals surface area (Å²) in [5, 5.41) is 10.5. The van der Waals surface area contributed by atoms with Crippen molar-refractivity contribution in [2.75, 3.05) is 0 Å². The Morgan fingerprint density at radius 3 is 2.88 bits per heavy atom. The van der Waals surface area contributed by atoms with Crippen molar-refractivity contribution in [2.24, 2.45) is 5.73 Å². The smallest absolute Gasteiger partial charge is 0.271 e. The molecule has 0 saturated heterocycles. The monoisotopic (exact) mass is 300 g/mol. The van der Waals surface area contributed by atoms with E-state index >= 15 is 0 Å². The van der Waals surface area contributed by atoms with Crippen molar-refractivity contribution >= 4 is 33.4 Å². The third-order valence-corrected chi connectivity index (χ3v) is 2.89. The Labute approximate surface area is 104 Å². The fraction of sp³-hybridized carbons (Fsp3) is 0. The summed E-state index contributed by atoms with van der Waals surface area (Å²) in [6, 6.07) is 5.16. The average molecular weight is 302 g/mol. The van der Waals surface area contributed by atoms with Crippen LogP contribution in [0.2, 0.25) is 5.02 Å². The minimum absolute atomic E-state index is 0.0861. The lowest BCUT2D eigenvalue weighted by atomic mass is 10.1. The molecule has 1 aromatic heterocycles. The van der Waals surface area contributed by atoms with Crippen LogP contribution in [0.1, 0.15) is 10.5 Å². The molecule has 16 heavy (non-hydrogen) atoms. The van der Waals surface area contributed by atoms with Gasteiger partial charge < -0.3 is 5.73 Å². The van der Waals surface area contributed by atoms with Gasteiger partial charge in [-0.2, -0.15) is 15.4 Å². The number of rotatable bonds is 2. The van der Waals surface area contributed by atoms with Crippen molar-refractivity contribution in [3.05, 3.63) is 33.4 Å². The first kappa shape index (κ1) is 11.1. The Morgan fingerprint density at radius 1 is 1.44 bits per heavy atom. The highest BCUT2D eigenvalue weighted by Crippen LogP contribution is 2.30. The van der Waals surface area contributed by atoms with E-state index in [-0.39, 0.29) is 5.69 Å². The second-order valence-corrected chi connectivity index (χ2v) is 4.30. The number of hydrogen-bond acceptors (Lipinski definition) is 3. The van der Waals surface area contributed by atoms with E-state index < -0.39 is 5.91 Å². The number of H-pyrrole nitrogens is 1. The summed E-state index contributed by atoms with van der Waals surface area (Å²) in [6.07, 6.45) is 0. The molecule has 0 aliphatic heterocycles. The van der Waals surface area contributed by atoms with Gasteiger partial charge in [0, 0.05) is 15.1 Å². The highest BCUT2D eigenvalue weighted by atomic mass is 79.9. The van der Waals surface area contributed by atoms with Crippen molar-refractivity contribution in [3.63, 3.8) is 0 Å². The number of carbonyl (C=O) groups is 1. The number of benzene rings is 1. The standard InChI is InChI=1S/C9H6BrClN4O/c10-6-2-1-4(11)3-5(6)7-8(9(12)16)14-15-13-7/h1-3H,(H2,12,16)(H,13,14,15). The van der Waals surface area contributed by atoms with Crippen molar-refractivity contribution in [2.45, 2.75) is 0 Å². The SMILES string of the molecule is NC(=O)c1n[nH]nc1-c1cc(Cl)ccc1Br. The van der Waals surface area contributed by atoms with Crippen molar-refractivity contribution in [3.8, 4) is 11.3 Å². The number of amides is 1. The Balaban J connectivity index is 2.62. The number of nitrogens with one attached hydrogen (secondary N) is 1. The summed E-state index contributed by atoms with van der Waals surface area (Å²) in [5.74, 6) is -0.643. The summed E-state index contributed by atoms with van der Waals surface area (Å²) in [6.45, 7) is 0. The number of aromatic nitrogens is 3. The number of nitrogens with zero attached hydrogens (tertiary/aromatic N) is 2. The molecule has 0 bridgehead atoms. The molecular weight excluding hydrogens is 295 g/mol. The Morgan fingerprint density at radius 2 is 2.19 bits per heavy atom. The summed E-state index contributed by atoms with van der Waals surface area (Å²) in [4.78, 5) is 11.1. The molecule has 0 aliphatic rings. The molecule has 0 saturated carbocycles. The summed E-state index contributed by atoms with van der Waals surface area (Å²) in [7, 11) is 0. The minimum Gasteiger partial charge on any atom is -0.364 e. The van der Waals surface area contributed by atoms with Crippen molar-refractivity contribution < 1.29 is 4.79 Å². The molecule has 82 valence electrons. The van der Waals surface area contributed by atoms with Gasteiger partial charge >= 0.3 is 0 Å². The maximum atomic E-state index is 11.1. The number of primary amides is 1. The van der Waals surface area contributed by atoms with E-state index in [1.54, 1.807) is 18.2 Å². The lowest BCUT2D eigenvalue weighted by molar-refractivity contribution is 0.0996. The van der Waals surface area contributed by atoms with E-state index in [0.717, 1.165) is 4.47 Å². The Bertz CT molecular complexity index is 554. The maximum Gasteiger partial charge on any atom is 0.271 e. The summed E-state index contributed by atoms with van der Waals surface area (Å²) < 4.78 is 0.758. The molecule has 2 aromatic rings. The van der Waals surface area contributed by atoms with E-state index in [0.29, 0.717) is 16.3 Å². The number of nitrogens with two attached hydrogens (primary N) is 1. The van der Waals surface area contributed by atoms with Gasteiger partial charge in [0.1, 0.15) is 5.69 Å². The first-order valence-electron chi connectivity index (χ1n) is 4.25. The molecule has 7 heteroatoms. The lowest BCUT2D eigenvalue weighted by Crippen LogP contribution is -2.12. The van der Waals surface area contributed by atoms with E-state index in [1.165, 1.54) is 0 Å². The Hall–Kier alpha value is -1.40. The lowest BCUT2D eigenvalue weighted by Gasteiger charge is -2.02. The molecule has 3 N–H and O–H groups in total. The van der Waals surface area contributed by atoms with Gasteiger partial charge in [0.05, 0.1) is 0 Å². The molecule has 5 nitrogen and oxygen atoms in total. The quantitative estimate of drug-likeness (QED) is 0.889. The summed E-state index contributed by atoms with van der Waals surface area (Å²) >= 11 is 9.21. The van der Waals surface area contributed by atoms with E-state index in [1.807, 2.05) is 0 Å². The van der Waals surface area contributed by atoms with E-state index in [9.17, 15) is 4.79 Å². The maximum absolute atomic E-state index is 11.1. The van der Waals surface area contributed by atoms with Crippen LogP contribution in [0, 0.1) is 0 Å². The molecule has 0 atom stereocenters. The molecule has 1 aromatic carbocycles. The second kappa shape index (κ2) is 4.23. The molecule has 0 radical (unpaired) electrons. The zero-order valence-electron chi connectivity index (χ0n) is 7.87. The van der Waals surface area contributed by atoms with Gasteiger partial charge in [0.15, 0.2) is 5.69 Å². The highest BCUT2D eigenvalue weighted by Gasteiger charge is 2.17. The molecule has 0 spiro atoms. The zero-order valence-corrected chi connectivity index (χ0v) is 10.2. The van der Waals surface area contributed by atoms with Gasteiger partial charge in [0.2, 0.25) is 0 Å². The van der Waals surface area contributed by atoms with Crippen LogP contribution in [0.3, 0.4) is 0 Å². The molecule has 0 unspecified atom stereocenters. The number of halogens is 2. The fourth-order valence-corrected chi connectivity index (χ4v) is 1.88. The third kappa shape index (κ3) is 1.94. The number of carbonyl (C=O) groups excluding carboxylic acids is 1. The van der Waals surface area contributed by atoms with Gasteiger partial charge in [-0.15, -0.1) is 0 Å². The van der Waals surface area contributed by atoms with Gasteiger partial charge in [-0.25, -0.2) is 0 Å². The third-order valence-electron chi connectivity index (χ3n) is 1.96. The molecular formula is C9H6BrClN4O. The second-order valence-electron chi connectivity index (χ2n) is 3.01. The molecule has 2 rings (SSSR count). The van der Waals surface area contributed by atoms with Crippen LogP contribution < -0.4 is 5.73 Å². The van der Waals surface area contributed by atoms with Crippen LogP contribution in [0.15, 0.2) is 22.7 Å². The first-order valence-corrected chi connectivity index (χ1v) is 5.42. The molecule has 1 amide bonds. The van der Waals surface area contributed by atoms with E-state index in [4.69, 9.17) is 17.3 Å². The predicted octanol–water partition coefficient (Wildman–Crippen LogP) is 1.99. The predicted molar refractivity (Wildman–Crippen MR) is 63.0 cm³/mol. The van der Waals surface area contributed by atoms with E-state index in [2.05, 4.69) is 31.3 Å². The fourth-order valence-electron chi connectivity index (χ4n) is 1.27. The highest BCUT2D eigenvalue weighted by molar-refractivity contribution is 9.10. The zero-order chi connectivity index (χ0) is 11.7. The van der Waals surface area contributed by atoms with Crippen LogP contribution in [0.5, 0.6) is 0 Å². The largest absolute Gasteiger partial charge is 0.364 e. The molecule has 0 aliphatic carbocycles.